The van der Waals surface area contributed by atoms with Crippen LogP contribution in [0.1, 0.15) is 38.8 Å². The first-order valence-corrected chi connectivity index (χ1v) is 7.79. The molecule has 0 bridgehead atoms. The summed E-state index contributed by atoms with van der Waals surface area (Å²) in [5, 5.41) is 4.94. The van der Waals surface area contributed by atoms with Gasteiger partial charge in [0.25, 0.3) is 0 Å². The molecule has 3 heteroatoms. The number of nitrogens with zero attached hydrogens (tertiary/aromatic N) is 2. The van der Waals surface area contributed by atoms with Crippen molar-refractivity contribution in [3.8, 4) is 0 Å². The third kappa shape index (κ3) is 2.94. The molecule has 2 unspecified atom stereocenters. The molecule has 0 spiro atoms. The summed E-state index contributed by atoms with van der Waals surface area (Å²) in [7, 11) is 4.33. The van der Waals surface area contributed by atoms with E-state index in [1.807, 2.05) is 12.3 Å². The topological polar surface area (TPSA) is 28.2 Å². The number of nitrogens with one attached hydrogen (secondary N) is 1. The molecule has 2 rings (SSSR count). The summed E-state index contributed by atoms with van der Waals surface area (Å²) in [4.78, 5) is 6.82. The molecule has 0 saturated carbocycles. The SMILES string of the molecule is CCNC(c1cccc2ncccc12)C(C)(CC)N(C)C. The van der Waals surface area contributed by atoms with Gasteiger partial charge in [-0.1, -0.05) is 32.0 Å². The molecule has 1 aromatic heterocycles. The lowest BCUT2D eigenvalue weighted by Gasteiger charge is -2.43. The number of hydrogen-bond acceptors (Lipinski definition) is 3. The van der Waals surface area contributed by atoms with Crippen LogP contribution in [0.2, 0.25) is 0 Å². The van der Waals surface area contributed by atoms with Crippen molar-refractivity contribution in [1.29, 1.82) is 0 Å². The van der Waals surface area contributed by atoms with Gasteiger partial charge in [-0.3, -0.25) is 4.98 Å². The maximum Gasteiger partial charge on any atom is 0.0705 e. The van der Waals surface area contributed by atoms with E-state index in [0.29, 0.717) is 0 Å². The monoisotopic (exact) mass is 285 g/mol. The van der Waals surface area contributed by atoms with E-state index in [4.69, 9.17) is 0 Å². The predicted octanol–water partition coefficient (Wildman–Crippen LogP) is 3.62. The Bertz CT molecular complexity index is 589. The molecule has 0 fully saturated rings. The van der Waals surface area contributed by atoms with Crippen LogP contribution in [-0.4, -0.2) is 36.1 Å². The fourth-order valence-electron chi connectivity index (χ4n) is 3.03. The summed E-state index contributed by atoms with van der Waals surface area (Å²) >= 11 is 0. The molecule has 2 atom stereocenters. The lowest BCUT2D eigenvalue weighted by molar-refractivity contribution is 0.114. The van der Waals surface area contributed by atoms with Crippen molar-refractivity contribution < 1.29 is 0 Å². The molecule has 0 aliphatic rings. The molecule has 0 amide bonds. The second-order valence-corrected chi connectivity index (χ2v) is 6.01. The molecule has 0 radical (unpaired) electrons. The van der Waals surface area contributed by atoms with Crippen LogP contribution in [0.25, 0.3) is 10.9 Å². The normalized spacial score (nSPS) is 16.1. The highest BCUT2D eigenvalue weighted by molar-refractivity contribution is 5.82. The summed E-state index contributed by atoms with van der Waals surface area (Å²) in [6.45, 7) is 7.70. The Morgan fingerprint density at radius 2 is 1.95 bits per heavy atom. The zero-order valence-corrected chi connectivity index (χ0v) is 13.9. The highest BCUT2D eigenvalue weighted by Gasteiger charge is 2.36. The Morgan fingerprint density at radius 3 is 2.57 bits per heavy atom. The van der Waals surface area contributed by atoms with Crippen LogP contribution >= 0.6 is 0 Å². The standard InChI is InChI=1S/C18H27N3/c1-6-18(3,21(4)5)17(19-7-2)15-10-8-12-16-14(15)11-9-13-20-16/h8-13,17,19H,6-7H2,1-5H3. The van der Waals surface area contributed by atoms with Crippen LogP contribution in [-0.2, 0) is 0 Å². The summed E-state index contributed by atoms with van der Waals surface area (Å²) in [6.07, 6.45) is 2.94. The molecular formula is C18H27N3. The predicted molar refractivity (Wildman–Crippen MR) is 90.5 cm³/mol. The van der Waals surface area contributed by atoms with Crippen molar-refractivity contribution in [3.05, 3.63) is 42.1 Å². The Hall–Kier alpha value is -1.45. The number of fused-ring (bicyclic) bond motifs is 1. The van der Waals surface area contributed by atoms with Crippen LogP contribution in [0, 0.1) is 0 Å². The minimum atomic E-state index is 0.0557. The Morgan fingerprint density at radius 1 is 1.19 bits per heavy atom. The van der Waals surface area contributed by atoms with E-state index in [2.05, 4.69) is 74.3 Å². The summed E-state index contributed by atoms with van der Waals surface area (Å²) in [5.74, 6) is 0. The Kier molecular flexibility index (Phi) is 4.96. The van der Waals surface area contributed by atoms with Gasteiger partial charge in [0, 0.05) is 17.1 Å². The van der Waals surface area contributed by atoms with E-state index in [-0.39, 0.29) is 11.6 Å². The first kappa shape index (κ1) is 15.9. The molecule has 1 aromatic carbocycles. The number of hydrogen-bond donors (Lipinski definition) is 1. The number of benzene rings is 1. The van der Waals surface area contributed by atoms with Gasteiger partial charge in [-0.2, -0.15) is 0 Å². The van der Waals surface area contributed by atoms with Gasteiger partial charge in [-0.25, -0.2) is 0 Å². The first-order chi connectivity index (χ1) is 10.0. The summed E-state index contributed by atoms with van der Waals surface area (Å²) in [6, 6.07) is 10.9. The lowest BCUT2D eigenvalue weighted by atomic mass is 9.82. The van der Waals surface area contributed by atoms with E-state index < -0.39 is 0 Å². The lowest BCUT2D eigenvalue weighted by Crippen LogP contribution is -2.51. The van der Waals surface area contributed by atoms with Gasteiger partial charge in [-0.15, -0.1) is 0 Å². The van der Waals surface area contributed by atoms with Crippen LogP contribution in [0.3, 0.4) is 0 Å². The van der Waals surface area contributed by atoms with E-state index >= 15 is 0 Å². The smallest absolute Gasteiger partial charge is 0.0705 e. The maximum atomic E-state index is 4.50. The summed E-state index contributed by atoms with van der Waals surface area (Å²) < 4.78 is 0. The first-order valence-electron chi connectivity index (χ1n) is 7.79. The van der Waals surface area contributed by atoms with Gasteiger partial charge in [0.05, 0.1) is 11.6 Å². The molecule has 1 heterocycles. The van der Waals surface area contributed by atoms with E-state index in [9.17, 15) is 0 Å². The molecular weight excluding hydrogens is 258 g/mol. The van der Waals surface area contributed by atoms with Crippen LogP contribution in [0.15, 0.2) is 36.5 Å². The summed E-state index contributed by atoms with van der Waals surface area (Å²) in [5.41, 5.74) is 2.45. The average Bonchev–Trinajstić information content (AvgIpc) is 2.51. The molecule has 0 saturated heterocycles. The highest BCUT2D eigenvalue weighted by atomic mass is 15.2. The van der Waals surface area contributed by atoms with Gasteiger partial charge in [0.15, 0.2) is 0 Å². The zero-order chi connectivity index (χ0) is 15.5. The van der Waals surface area contributed by atoms with Crippen LogP contribution in [0.4, 0.5) is 0 Å². The fourth-order valence-corrected chi connectivity index (χ4v) is 3.03. The van der Waals surface area contributed by atoms with Gasteiger partial charge >= 0.3 is 0 Å². The molecule has 114 valence electrons. The fraction of sp³-hybridized carbons (Fsp3) is 0.500. The molecule has 3 nitrogen and oxygen atoms in total. The van der Waals surface area contributed by atoms with Gasteiger partial charge in [0.1, 0.15) is 0 Å². The van der Waals surface area contributed by atoms with Gasteiger partial charge in [0.2, 0.25) is 0 Å². The molecule has 0 aliphatic heterocycles. The van der Waals surface area contributed by atoms with Crippen LogP contribution in [0.5, 0.6) is 0 Å². The zero-order valence-electron chi connectivity index (χ0n) is 13.9. The minimum absolute atomic E-state index is 0.0557. The molecule has 0 aliphatic carbocycles. The molecule has 2 aromatic rings. The second-order valence-electron chi connectivity index (χ2n) is 6.01. The Labute approximate surface area is 128 Å². The largest absolute Gasteiger partial charge is 0.309 e. The second kappa shape index (κ2) is 6.54. The number of likely N-dealkylation sites (N-methyl/N-ethyl adjacent to an activating group) is 2. The quantitative estimate of drug-likeness (QED) is 0.878. The third-order valence-corrected chi connectivity index (χ3v) is 4.76. The van der Waals surface area contributed by atoms with Crippen molar-refractivity contribution in [2.24, 2.45) is 0 Å². The minimum Gasteiger partial charge on any atom is -0.309 e. The van der Waals surface area contributed by atoms with E-state index in [0.717, 1.165) is 18.5 Å². The average molecular weight is 285 g/mol. The van der Waals surface area contributed by atoms with Crippen molar-refractivity contribution in [1.82, 2.24) is 15.2 Å². The molecule has 1 N–H and O–H groups in total. The highest BCUT2D eigenvalue weighted by Crippen LogP contribution is 2.35. The van der Waals surface area contributed by atoms with Gasteiger partial charge < -0.3 is 10.2 Å². The van der Waals surface area contributed by atoms with E-state index in [1.54, 1.807) is 0 Å². The number of aromatic nitrogens is 1. The number of pyridine rings is 1. The van der Waals surface area contributed by atoms with E-state index in [1.165, 1.54) is 10.9 Å². The van der Waals surface area contributed by atoms with Crippen molar-refractivity contribution in [2.45, 2.75) is 38.8 Å². The maximum absolute atomic E-state index is 4.50. The van der Waals surface area contributed by atoms with Crippen molar-refractivity contribution >= 4 is 10.9 Å². The third-order valence-electron chi connectivity index (χ3n) is 4.76. The van der Waals surface area contributed by atoms with Crippen LogP contribution < -0.4 is 5.32 Å². The van der Waals surface area contributed by atoms with Crippen molar-refractivity contribution in [2.75, 3.05) is 20.6 Å². The number of rotatable bonds is 6. The Balaban J connectivity index is 2.60. The van der Waals surface area contributed by atoms with Crippen molar-refractivity contribution in [3.63, 3.8) is 0 Å². The molecule has 21 heavy (non-hydrogen) atoms. The van der Waals surface area contributed by atoms with Gasteiger partial charge in [-0.05, 0) is 51.7 Å².